The molecule has 1 unspecified atom stereocenters. The van der Waals surface area contributed by atoms with Crippen LogP contribution in [-0.4, -0.2) is 54.5 Å². The number of carbonyl (C=O) groups is 1. The van der Waals surface area contributed by atoms with Crippen molar-refractivity contribution in [3.63, 3.8) is 0 Å². The van der Waals surface area contributed by atoms with Crippen molar-refractivity contribution >= 4 is 16.7 Å². The fraction of sp³-hybridized carbons (Fsp3) is 0.409. The molecule has 2 saturated heterocycles. The molecular formula is C22H24N2O2. The van der Waals surface area contributed by atoms with E-state index in [1.165, 1.54) is 10.8 Å². The lowest BCUT2D eigenvalue weighted by molar-refractivity contribution is -0.127. The third-order valence-electron chi connectivity index (χ3n) is 5.14. The lowest BCUT2D eigenvalue weighted by Crippen LogP contribution is -2.26. The first-order chi connectivity index (χ1) is 12.8. The normalized spacial score (nSPS) is 20.4. The van der Waals surface area contributed by atoms with E-state index in [0.29, 0.717) is 13.0 Å². The molecule has 0 radical (unpaired) electrons. The van der Waals surface area contributed by atoms with Crippen LogP contribution in [0.5, 0.6) is 5.75 Å². The van der Waals surface area contributed by atoms with E-state index in [1.54, 1.807) is 0 Å². The zero-order valence-corrected chi connectivity index (χ0v) is 15.0. The Morgan fingerprint density at radius 1 is 1.04 bits per heavy atom. The Labute approximate surface area is 154 Å². The van der Waals surface area contributed by atoms with Crippen molar-refractivity contribution in [2.24, 2.45) is 0 Å². The van der Waals surface area contributed by atoms with Crippen LogP contribution in [-0.2, 0) is 4.79 Å². The van der Waals surface area contributed by atoms with Gasteiger partial charge in [0, 0.05) is 31.4 Å². The van der Waals surface area contributed by atoms with E-state index in [9.17, 15) is 4.79 Å². The van der Waals surface area contributed by atoms with Gasteiger partial charge < -0.3 is 9.64 Å². The Kier molecular flexibility index (Phi) is 5.08. The standard InChI is InChI=1S/C22H24N2O2/c25-22-11-6-15-24(22)14-4-3-13-23-16-12-19(17-23)26-21-10-5-8-18-7-1-2-9-20(18)21/h1-2,5,7-10,19H,6,11-17H2. The molecule has 0 spiro atoms. The Balaban J connectivity index is 1.29. The summed E-state index contributed by atoms with van der Waals surface area (Å²) < 4.78 is 6.28. The predicted octanol–water partition coefficient (Wildman–Crippen LogP) is 2.92. The maximum absolute atomic E-state index is 11.6. The summed E-state index contributed by atoms with van der Waals surface area (Å²) in [4.78, 5) is 15.7. The van der Waals surface area contributed by atoms with E-state index in [1.807, 2.05) is 4.90 Å². The van der Waals surface area contributed by atoms with Gasteiger partial charge in [-0.15, -0.1) is 0 Å². The number of fused-ring (bicyclic) bond motifs is 1. The molecule has 0 aromatic heterocycles. The zero-order valence-electron chi connectivity index (χ0n) is 15.0. The zero-order chi connectivity index (χ0) is 17.8. The molecule has 4 rings (SSSR count). The molecule has 1 amide bonds. The van der Waals surface area contributed by atoms with Gasteiger partial charge in [0.1, 0.15) is 11.9 Å². The van der Waals surface area contributed by atoms with Crippen molar-refractivity contribution in [3.05, 3.63) is 42.5 Å². The van der Waals surface area contributed by atoms with E-state index in [4.69, 9.17) is 4.74 Å². The van der Waals surface area contributed by atoms with Gasteiger partial charge in [0.2, 0.25) is 5.91 Å². The molecule has 2 aliphatic rings. The topological polar surface area (TPSA) is 32.8 Å². The molecule has 2 heterocycles. The van der Waals surface area contributed by atoms with Gasteiger partial charge in [0.05, 0.1) is 13.1 Å². The quantitative estimate of drug-likeness (QED) is 0.797. The van der Waals surface area contributed by atoms with Gasteiger partial charge in [-0.25, -0.2) is 0 Å². The van der Waals surface area contributed by atoms with Crippen molar-refractivity contribution in [3.8, 4) is 17.6 Å². The minimum absolute atomic E-state index is 0.211. The monoisotopic (exact) mass is 348 g/mol. The van der Waals surface area contributed by atoms with Crippen molar-refractivity contribution in [1.82, 2.24) is 9.80 Å². The minimum Gasteiger partial charge on any atom is -0.488 e. The number of likely N-dealkylation sites (tertiary alicyclic amines) is 2. The molecule has 2 aliphatic heterocycles. The van der Waals surface area contributed by atoms with Gasteiger partial charge in [-0.3, -0.25) is 9.69 Å². The van der Waals surface area contributed by atoms with Gasteiger partial charge in [-0.05, 0) is 24.3 Å². The van der Waals surface area contributed by atoms with Crippen LogP contribution in [0.1, 0.15) is 19.3 Å². The van der Waals surface area contributed by atoms with Crippen LogP contribution in [0.2, 0.25) is 0 Å². The second kappa shape index (κ2) is 7.80. The summed E-state index contributed by atoms with van der Waals surface area (Å²) in [6, 6.07) is 14.6. The average molecular weight is 348 g/mol. The number of nitrogens with zero attached hydrogens (tertiary/aromatic N) is 2. The number of benzene rings is 2. The first-order valence-electron chi connectivity index (χ1n) is 9.40. The van der Waals surface area contributed by atoms with E-state index in [2.05, 4.69) is 59.2 Å². The number of ether oxygens (including phenoxy) is 1. The Morgan fingerprint density at radius 3 is 2.77 bits per heavy atom. The van der Waals surface area contributed by atoms with Crippen LogP contribution in [0.25, 0.3) is 10.8 Å². The van der Waals surface area contributed by atoms with Crippen molar-refractivity contribution in [1.29, 1.82) is 0 Å². The molecule has 2 aromatic rings. The van der Waals surface area contributed by atoms with Crippen LogP contribution in [0.3, 0.4) is 0 Å². The number of carbonyl (C=O) groups excluding carboxylic acids is 1. The number of rotatable bonds is 4. The highest BCUT2D eigenvalue weighted by Crippen LogP contribution is 2.27. The van der Waals surface area contributed by atoms with E-state index >= 15 is 0 Å². The highest BCUT2D eigenvalue weighted by atomic mass is 16.5. The molecule has 134 valence electrons. The molecule has 0 bridgehead atoms. The van der Waals surface area contributed by atoms with E-state index < -0.39 is 0 Å². The number of hydrogen-bond donors (Lipinski definition) is 0. The SMILES string of the molecule is O=C1CCCN1CC#CCN1CCC(Oc2cccc3ccccc23)C1. The third kappa shape index (κ3) is 3.84. The molecule has 0 saturated carbocycles. The maximum atomic E-state index is 11.6. The summed E-state index contributed by atoms with van der Waals surface area (Å²) in [7, 11) is 0. The summed E-state index contributed by atoms with van der Waals surface area (Å²) in [6.07, 6.45) is 2.89. The van der Waals surface area contributed by atoms with Gasteiger partial charge in [0.25, 0.3) is 0 Å². The molecule has 0 N–H and O–H groups in total. The molecule has 4 nitrogen and oxygen atoms in total. The second-order valence-corrected chi connectivity index (χ2v) is 7.01. The Bertz CT molecular complexity index is 847. The van der Waals surface area contributed by atoms with E-state index in [-0.39, 0.29) is 12.0 Å². The Hall–Kier alpha value is -2.51. The van der Waals surface area contributed by atoms with Crippen LogP contribution in [0.15, 0.2) is 42.5 Å². The maximum Gasteiger partial charge on any atom is 0.223 e. The van der Waals surface area contributed by atoms with Crippen LogP contribution < -0.4 is 4.74 Å². The van der Waals surface area contributed by atoms with E-state index in [0.717, 1.165) is 44.8 Å². The molecule has 2 aromatic carbocycles. The largest absolute Gasteiger partial charge is 0.488 e. The summed E-state index contributed by atoms with van der Waals surface area (Å²) in [5, 5.41) is 2.38. The fourth-order valence-corrected chi connectivity index (χ4v) is 3.71. The van der Waals surface area contributed by atoms with Gasteiger partial charge in [-0.1, -0.05) is 48.2 Å². The summed E-state index contributed by atoms with van der Waals surface area (Å²) in [5.74, 6) is 7.57. The van der Waals surface area contributed by atoms with Crippen molar-refractivity contribution < 1.29 is 9.53 Å². The third-order valence-corrected chi connectivity index (χ3v) is 5.14. The average Bonchev–Trinajstić information content (AvgIpc) is 3.28. The van der Waals surface area contributed by atoms with Crippen LogP contribution in [0, 0.1) is 11.8 Å². The Morgan fingerprint density at radius 2 is 1.88 bits per heavy atom. The lowest BCUT2D eigenvalue weighted by atomic mass is 10.1. The molecule has 4 heteroatoms. The summed E-state index contributed by atoms with van der Waals surface area (Å²) in [5.41, 5.74) is 0. The lowest BCUT2D eigenvalue weighted by Gasteiger charge is -2.16. The smallest absolute Gasteiger partial charge is 0.223 e. The number of hydrogen-bond acceptors (Lipinski definition) is 3. The summed E-state index contributed by atoms with van der Waals surface area (Å²) in [6.45, 7) is 4.09. The molecular weight excluding hydrogens is 324 g/mol. The van der Waals surface area contributed by atoms with Gasteiger partial charge in [0.15, 0.2) is 0 Å². The van der Waals surface area contributed by atoms with Crippen molar-refractivity contribution in [2.75, 3.05) is 32.7 Å². The molecule has 0 aliphatic carbocycles. The predicted molar refractivity (Wildman–Crippen MR) is 103 cm³/mol. The van der Waals surface area contributed by atoms with Gasteiger partial charge >= 0.3 is 0 Å². The number of amides is 1. The summed E-state index contributed by atoms with van der Waals surface area (Å²) >= 11 is 0. The second-order valence-electron chi connectivity index (χ2n) is 7.01. The fourth-order valence-electron chi connectivity index (χ4n) is 3.71. The van der Waals surface area contributed by atoms with Crippen molar-refractivity contribution in [2.45, 2.75) is 25.4 Å². The first kappa shape index (κ1) is 16.9. The minimum atomic E-state index is 0.211. The van der Waals surface area contributed by atoms with Gasteiger partial charge in [-0.2, -0.15) is 0 Å². The molecule has 26 heavy (non-hydrogen) atoms. The molecule has 1 atom stereocenters. The molecule has 2 fully saturated rings. The first-order valence-corrected chi connectivity index (χ1v) is 9.40. The van der Waals surface area contributed by atoms with Crippen LogP contribution >= 0.6 is 0 Å². The highest BCUT2D eigenvalue weighted by Gasteiger charge is 2.24. The van der Waals surface area contributed by atoms with Crippen LogP contribution in [0.4, 0.5) is 0 Å². The highest BCUT2D eigenvalue weighted by molar-refractivity contribution is 5.88.